The van der Waals surface area contributed by atoms with E-state index in [1.807, 2.05) is 49.4 Å². The van der Waals surface area contributed by atoms with Gasteiger partial charge in [0.05, 0.1) is 6.61 Å². The number of benzene rings is 2. The lowest BCUT2D eigenvalue weighted by Crippen LogP contribution is -2.00. The zero-order valence-electron chi connectivity index (χ0n) is 15.5. The van der Waals surface area contributed by atoms with Crippen molar-refractivity contribution in [2.24, 2.45) is 0 Å². The molecule has 0 bridgehead atoms. The van der Waals surface area contributed by atoms with Crippen molar-refractivity contribution >= 4 is 11.8 Å². The number of rotatable bonds is 7. The van der Waals surface area contributed by atoms with Crippen LogP contribution in [0.3, 0.4) is 0 Å². The summed E-state index contributed by atoms with van der Waals surface area (Å²) < 4.78 is 7.66. The zero-order chi connectivity index (χ0) is 19.2. The van der Waals surface area contributed by atoms with E-state index in [0.29, 0.717) is 6.61 Å². The summed E-state index contributed by atoms with van der Waals surface area (Å²) in [4.78, 5) is 4.11. The van der Waals surface area contributed by atoms with Gasteiger partial charge in [0.15, 0.2) is 11.0 Å². The Labute approximate surface area is 168 Å². The average molecular weight is 388 g/mol. The van der Waals surface area contributed by atoms with E-state index < -0.39 is 0 Å². The van der Waals surface area contributed by atoms with Crippen LogP contribution >= 0.6 is 11.8 Å². The summed E-state index contributed by atoms with van der Waals surface area (Å²) in [5.74, 6) is 2.47. The fourth-order valence-corrected chi connectivity index (χ4v) is 3.77. The number of nitrogens with zero attached hydrogens (tertiary/aromatic N) is 4. The molecule has 0 unspecified atom stereocenters. The Morgan fingerprint density at radius 1 is 0.893 bits per heavy atom. The molecule has 28 heavy (non-hydrogen) atoms. The van der Waals surface area contributed by atoms with E-state index in [1.54, 1.807) is 24.2 Å². The first kappa shape index (κ1) is 18.3. The van der Waals surface area contributed by atoms with Gasteiger partial charge in [0, 0.05) is 29.4 Å². The van der Waals surface area contributed by atoms with Gasteiger partial charge in [-0.1, -0.05) is 42.1 Å². The van der Waals surface area contributed by atoms with Crippen molar-refractivity contribution < 1.29 is 4.74 Å². The molecule has 0 saturated heterocycles. The highest BCUT2D eigenvalue weighted by molar-refractivity contribution is 7.98. The Balaban J connectivity index is 1.71. The van der Waals surface area contributed by atoms with Gasteiger partial charge in [0.1, 0.15) is 5.75 Å². The molecule has 0 radical (unpaired) electrons. The minimum Gasteiger partial charge on any atom is -0.494 e. The number of thioether (sulfide) groups is 1. The minimum atomic E-state index is 0.645. The molecule has 4 rings (SSSR count). The van der Waals surface area contributed by atoms with Crippen LogP contribution in [0.1, 0.15) is 12.5 Å². The first-order valence-corrected chi connectivity index (χ1v) is 10.1. The van der Waals surface area contributed by atoms with Crippen LogP contribution in [0.5, 0.6) is 5.75 Å². The molecule has 0 saturated carbocycles. The Kier molecular flexibility index (Phi) is 5.68. The lowest BCUT2D eigenvalue weighted by molar-refractivity contribution is 0.340. The third-order valence-corrected chi connectivity index (χ3v) is 5.19. The Morgan fingerprint density at radius 2 is 1.64 bits per heavy atom. The molecule has 0 aliphatic rings. The standard InChI is InChI=1S/C22H20N4OS/c1-2-27-20-10-8-19(9-11-20)26-21(18-12-14-23-15-13-18)24-25-22(26)28-16-17-6-4-3-5-7-17/h3-15H,2,16H2,1H3. The SMILES string of the molecule is CCOc1ccc(-n2c(SCc3ccccc3)nnc2-c2ccncc2)cc1. The molecule has 0 aliphatic heterocycles. The molecule has 0 aliphatic carbocycles. The normalized spacial score (nSPS) is 10.8. The molecule has 0 spiro atoms. The van der Waals surface area contributed by atoms with Crippen LogP contribution < -0.4 is 4.74 Å². The van der Waals surface area contributed by atoms with E-state index in [4.69, 9.17) is 4.74 Å². The van der Waals surface area contributed by atoms with Gasteiger partial charge >= 0.3 is 0 Å². The summed E-state index contributed by atoms with van der Waals surface area (Å²) >= 11 is 1.67. The molecule has 2 aromatic heterocycles. The number of pyridine rings is 1. The van der Waals surface area contributed by atoms with E-state index in [9.17, 15) is 0 Å². The first-order valence-electron chi connectivity index (χ1n) is 9.11. The van der Waals surface area contributed by atoms with Crippen molar-refractivity contribution in [1.29, 1.82) is 0 Å². The van der Waals surface area contributed by atoms with Crippen molar-refractivity contribution in [2.75, 3.05) is 6.61 Å². The van der Waals surface area contributed by atoms with Gasteiger partial charge in [-0.15, -0.1) is 10.2 Å². The van der Waals surface area contributed by atoms with Gasteiger partial charge in [-0.2, -0.15) is 0 Å². The summed E-state index contributed by atoms with van der Waals surface area (Å²) in [6, 6.07) is 22.3. The minimum absolute atomic E-state index is 0.645. The second-order valence-corrected chi connectivity index (χ2v) is 7.02. The molecule has 140 valence electrons. The van der Waals surface area contributed by atoms with Crippen molar-refractivity contribution in [3.05, 3.63) is 84.7 Å². The van der Waals surface area contributed by atoms with Crippen molar-refractivity contribution in [1.82, 2.24) is 19.7 Å². The predicted octanol–water partition coefficient (Wildman–Crippen LogP) is 5.02. The monoisotopic (exact) mass is 388 g/mol. The second-order valence-electron chi connectivity index (χ2n) is 6.08. The van der Waals surface area contributed by atoms with Gasteiger partial charge < -0.3 is 4.74 Å². The largest absolute Gasteiger partial charge is 0.494 e. The third kappa shape index (κ3) is 4.07. The van der Waals surface area contributed by atoms with Crippen LogP contribution in [-0.4, -0.2) is 26.4 Å². The van der Waals surface area contributed by atoms with E-state index >= 15 is 0 Å². The maximum Gasteiger partial charge on any atom is 0.196 e. The quantitative estimate of drug-likeness (QED) is 0.416. The molecule has 5 nitrogen and oxygen atoms in total. The molecule has 2 aromatic carbocycles. The summed E-state index contributed by atoms with van der Waals surface area (Å²) in [7, 11) is 0. The van der Waals surface area contributed by atoms with Gasteiger partial charge in [-0.05, 0) is 48.9 Å². The van der Waals surface area contributed by atoms with Crippen LogP contribution in [-0.2, 0) is 5.75 Å². The predicted molar refractivity (Wildman–Crippen MR) is 112 cm³/mol. The van der Waals surface area contributed by atoms with Crippen molar-refractivity contribution in [3.63, 3.8) is 0 Å². The van der Waals surface area contributed by atoms with E-state index in [0.717, 1.165) is 33.7 Å². The highest BCUT2D eigenvalue weighted by Gasteiger charge is 2.16. The number of hydrogen-bond acceptors (Lipinski definition) is 5. The molecule has 6 heteroatoms. The number of aromatic nitrogens is 4. The number of hydrogen-bond donors (Lipinski definition) is 0. The van der Waals surface area contributed by atoms with Crippen LogP contribution in [0.25, 0.3) is 17.1 Å². The number of ether oxygens (including phenoxy) is 1. The fraction of sp³-hybridized carbons (Fsp3) is 0.136. The first-order chi connectivity index (χ1) is 13.8. The lowest BCUT2D eigenvalue weighted by Gasteiger charge is -2.11. The fourth-order valence-electron chi connectivity index (χ4n) is 2.86. The molecule has 0 amide bonds. The lowest BCUT2D eigenvalue weighted by atomic mass is 10.2. The third-order valence-electron chi connectivity index (χ3n) is 4.19. The van der Waals surface area contributed by atoms with Crippen LogP contribution in [0.15, 0.2) is 84.3 Å². The van der Waals surface area contributed by atoms with E-state index in [-0.39, 0.29) is 0 Å². The van der Waals surface area contributed by atoms with Crippen LogP contribution in [0, 0.1) is 0 Å². The Bertz CT molecular complexity index is 1020. The molecule has 0 atom stereocenters. The van der Waals surface area contributed by atoms with Gasteiger partial charge in [0.25, 0.3) is 0 Å². The van der Waals surface area contributed by atoms with Gasteiger partial charge in [-0.3, -0.25) is 9.55 Å². The summed E-state index contributed by atoms with van der Waals surface area (Å²) in [5.41, 5.74) is 3.22. The molecule has 2 heterocycles. The maximum atomic E-state index is 5.57. The highest BCUT2D eigenvalue weighted by atomic mass is 32.2. The topological polar surface area (TPSA) is 52.8 Å². The van der Waals surface area contributed by atoms with Crippen molar-refractivity contribution in [3.8, 4) is 22.8 Å². The molecule has 4 aromatic rings. The maximum absolute atomic E-state index is 5.57. The zero-order valence-corrected chi connectivity index (χ0v) is 16.3. The van der Waals surface area contributed by atoms with E-state index in [1.165, 1.54) is 5.56 Å². The highest BCUT2D eigenvalue weighted by Crippen LogP contribution is 2.30. The molecular weight excluding hydrogens is 368 g/mol. The second kappa shape index (κ2) is 8.71. The molecule has 0 fully saturated rings. The van der Waals surface area contributed by atoms with Crippen LogP contribution in [0.4, 0.5) is 0 Å². The Hall–Kier alpha value is -3.12. The van der Waals surface area contributed by atoms with Gasteiger partial charge in [0.2, 0.25) is 0 Å². The Morgan fingerprint density at radius 3 is 2.36 bits per heavy atom. The van der Waals surface area contributed by atoms with Crippen LogP contribution in [0.2, 0.25) is 0 Å². The van der Waals surface area contributed by atoms with E-state index in [2.05, 4.69) is 44.0 Å². The molecular formula is C22H20N4OS. The summed E-state index contributed by atoms with van der Waals surface area (Å²) in [5, 5.41) is 9.78. The van der Waals surface area contributed by atoms with Crippen molar-refractivity contribution in [2.45, 2.75) is 17.8 Å². The molecule has 0 N–H and O–H groups in total. The smallest absolute Gasteiger partial charge is 0.196 e. The average Bonchev–Trinajstić information content (AvgIpc) is 3.18. The summed E-state index contributed by atoms with van der Waals surface area (Å²) in [6.07, 6.45) is 3.53. The summed E-state index contributed by atoms with van der Waals surface area (Å²) in [6.45, 7) is 2.62. The van der Waals surface area contributed by atoms with Gasteiger partial charge in [-0.25, -0.2) is 0 Å².